The first-order valence-electron chi connectivity index (χ1n) is 25.6. The topological polar surface area (TPSA) is 135 Å². The zero-order valence-corrected chi connectivity index (χ0v) is 38.8. The lowest BCUT2D eigenvalue weighted by atomic mass is 9.99. The molecule has 0 saturated carbocycles. The van der Waals surface area contributed by atoms with E-state index in [-0.39, 0.29) is 19.2 Å². The third-order valence-corrected chi connectivity index (χ3v) is 12.3. The van der Waals surface area contributed by atoms with Crippen molar-refractivity contribution in [3.05, 3.63) is 0 Å². The molecule has 1 rings (SSSR count). The van der Waals surface area contributed by atoms with E-state index in [1.54, 1.807) is 0 Å². The van der Waals surface area contributed by atoms with Crippen molar-refractivity contribution < 1.29 is 44.2 Å². The predicted octanol–water partition coefficient (Wildman–Crippen LogP) is 12.2. The van der Waals surface area contributed by atoms with Gasteiger partial charge in [-0.3, -0.25) is 4.79 Å². The van der Waals surface area contributed by atoms with Crippen LogP contribution in [0.5, 0.6) is 0 Å². The number of hydrogen-bond donors (Lipinski definition) is 4. The Morgan fingerprint density at radius 2 is 0.831 bits per heavy atom. The van der Waals surface area contributed by atoms with Crippen LogP contribution in [0.1, 0.15) is 251 Å². The minimum Gasteiger partial charge on any atom is -0.457 e. The van der Waals surface area contributed by atoms with E-state index in [0.717, 1.165) is 32.1 Å². The van der Waals surface area contributed by atoms with Crippen molar-refractivity contribution in [3.8, 4) is 0 Å². The van der Waals surface area contributed by atoms with Gasteiger partial charge in [0.05, 0.1) is 19.8 Å². The van der Waals surface area contributed by atoms with Crippen molar-refractivity contribution in [3.63, 3.8) is 0 Å². The number of esters is 1. The summed E-state index contributed by atoms with van der Waals surface area (Å²) >= 11 is 0. The van der Waals surface area contributed by atoms with Gasteiger partial charge in [0.2, 0.25) is 0 Å². The monoisotopic (exact) mass is 843 g/mol. The third kappa shape index (κ3) is 33.4. The molecule has 0 spiro atoms. The van der Waals surface area contributed by atoms with Crippen molar-refractivity contribution in [2.75, 3.05) is 26.4 Å². The number of aliphatic hydroxyl groups excluding tert-OH is 4. The quantitative estimate of drug-likeness (QED) is 0.0349. The van der Waals surface area contributed by atoms with Gasteiger partial charge in [-0.1, -0.05) is 232 Å². The summed E-state index contributed by atoms with van der Waals surface area (Å²) in [6.07, 6.45) is 40.2. The number of rotatable bonds is 45. The Balaban J connectivity index is 2.09. The summed E-state index contributed by atoms with van der Waals surface area (Å²) in [6.45, 7) is 4.60. The fourth-order valence-corrected chi connectivity index (χ4v) is 8.26. The van der Waals surface area contributed by atoms with Gasteiger partial charge in [0.1, 0.15) is 30.5 Å². The molecule has 59 heavy (non-hydrogen) atoms. The standard InChI is InChI=1S/C50H98O9/c1-3-5-7-9-11-13-15-16-17-18-19-20-21-22-23-24-25-26-27-28-29-30-32-34-36-38-40-56-42-44(43-57-50-49(55)48(54)47(53)45(41-51)59-50)58-46(52)39-37-35-33-31-14-12-10-8-6-4-2/h44-45,47-51,53-55H,3-43H2,1-2H3. The molecule has 1 aliphatic rings. The first-order chi connectivity index (χ1) is 28.9. The number of carbonyl (C=O) groups is 1. The van der Waals surface area contributed by atoms with Gasteiger partial charge in [0, 0.05) is 13.0 Å². The van der Waals surface area contributed by atoms with E-state index in [1.807, 2.05) is 0 Å². The van der Waals surface area contributed by atoms with E-state index in [9.17, 15) is 25.2 Å². The van der Waals surface area contributed by atoms with Crippen LogP contribution in [0.25, 0.3) is 0 Å². The highest BCUT2D eigenvalue weighted by atomic mass is 16.7. The number of ether oxygens (including phenoxy) is 4. The highest BCUT2D eigenvalue weighted by molar-refractivity contribution is 5.69. The summed E-state index contributed by atoms with van der Waals surface area (Å²) in [5.74, 6) is -0.309. The largest absolute Gasteiger partial charge is 0.457 e. The van der Waals surface area contributed by atoms with E-state index in [0.29, 0.717) is 13.0 Å². The van der Waals surface area contributed by atoms with Crippen LogP contribution in [0.4, 0.5) is 0 Å². The molecule has 6 unspecified atom stereocenters. The van der Waals surface area contributed by atoms with Crippen LogP contribution in [-0.2, 0) is 23.7 Å². The minimum absolute atomic E-state index is 0.105. The van der Waals surface area contributed by atoms with Crippen LogP contribution in [0.2, 0.25) is 0 Å². The molecule has 6 atom stereocenters. The SMILES string of the molecule is CCCCCCCCCCCCCCCCCCCCCCCCCCCCOCC(COC1OC(CO)C(O)C(O)C1O)OC(=O)CCCCCCCCCCCC. The molecule has 0 amide bonds. The summed E-state index contributed by atoms with van der Waals surface area (Å²) in [5.41, 5.74) is 0. The molecule has 9 nitrogen and oxygen atoms in total. The zero-order valence-electron chi connectivity index (χ0n) is 38.8. The number of carbonyl (C=O) groups excluding carboxylic acids is 1. The summed E-state index contributed by atoms with van der Waals surface area (Å²) in [6, 6.07) is 0. The molecule has 352 valence electrons. The van der Waals surface area contributed by atoms with Gasteiger partial charge in [-0.15, -0.1) is 0 Å². The second-order valence-corrected chi connectivity index (χ2v) is 18.0. The van der Waals surface area contributed by atoms with Gasteiger partial charge >= 0.3 is 5.97 Å². The lowest BCUT2D eigenvalue weighted by Crippen LogP contribution is -2.59. The Kier molecular flexibility index (Phi) is 40.5. The average Bonchev–Trinajstić information content (AvgIpc) is 3.24. The number of aliphatic hydroxyl groups is 4. The van der Waals surface area contributed by atoms with Crippen LogP contribution in [0.3, 0.4) is 0 Å². The van der Waals surface area contributed by atoms with Crippen LogP contribution in [-0.4, -0.2) is 89.6 Å². The Bertz CT molecular complexity index is 873. The van der Waals surface area contributed by atoms with Gasteiger partial charge < -0.3 is 39.4 Å². The summed E-state index contributed by atoms with van der Waals surface area (Å²) in [5, 5.41) is 40.1. The van der Waals surface area contributed by atoms with Gasteiger partial charge in [0.25, 0.3) is 0 Å². The number of unbranched alkanes of at least 4 members (excludes halogenated alkanes) is 34. The first kappa shape index (κ1) is 56.2. The maximum atomic E-state index is 12.7. The maximum Gasteiger partial charge on any atom is 0.306 e. The molecule has 0 aliphatic carbocycles. The molecular formula is C50H98O9. The maximum absolute atomic E-state index is 12.7. The zero-order chi connectivity index (χ0) is 42.9. The highest BCUT2D eigenvalue weighted by Crippen LogP contribution is 2.23. The van der Waals surface area contributed by atoms with Gasteiger partial charge in [-0.25, -0.2) is 0 Å². The molecule has 0 radical (unpaired) electrons. The molecule has 1 heterocycles. The van der Waals surface area contributed by atoms with Crippen molar-refractivity contribution >= 4 is 5.97 Å². The highest BCUT2D eigenvalue weighted by Gasteiger charge is 2.44. The molecule has 0 aromatic heterocycles. The smallest absolute Gasteiger partial charge is 0.306 e. The second-order valence-electron chi connectivity index (χ2n) is 18.0. The van der Waals surface area contributed by atoms with Gasteiger partial charge in [-0.2, -0.15) is 0 Å². The average molecular weight is 843 g/mol. The summed E-state index contributed by atoms with van der Waals surface area (Å²) in [7, 11) is 0. The van der Waals surface area contributed by atoms with Gasteiger partial charge in [-0.05, 0) is 12.8 Å². The van der Waals surface area contributed by atoms with E-state index >= 15 is 0 Å². The molecule has 1 fully saturated rings. The second kappa shape index (κ2) is 42.5. The van der Waals surface area contributed by atoms with Crippen molar-refractivity contribution in [1.82, 2.24) is 0 Å². The van der Waals surface area contributed by atoms with Crippen molar-refractivity contribution in [2.24, 2.45) is 0 Å². The van der Waals surface area contributed by atoms with E-state index in [4.69, 9.17) is 18.9 Å². The summed E-state index contributed by atoms with van der Waals surface area (Å²) < 4.78 is 22.8. The van der Waals surface area contributed by atoms with Crippen LogP contribution < -0.4 is 0 Å². The van der Waals surface area contributed by atoms with Crippen molar-refractivity contribution in [2.45, 2.75) is 288 Å². The molecule has 9 heteroatoms. The predicted molar refractivity (Wildman–Crippen MR) is 243 cm³/mol. The lowest BCUT2D eigenvalue weighted by Gasteiger charge is -2.39. The molecule has 0 bridgehead atoms. The molecule has 1 saturated heterocycles. The normalized spacial score (nSPS) is 20.0. The Labute approximate surface area is 363 Å². The number of hydrogen-bond acceptors (Lipinski definition) is 9. The Morgan fingerprint density at radius 3 is 1.20 bits per heavy atom. The van der Waals surface area contributed by atoms with Crippen LogP contribution in [0.15, 0.2) is 0 Å². The Hall–Kier alpha value is -0.810. The van der Waals surface area contributed by atoms with E-state index in [1.165, 1.54) is 199 Å². The fraction of sp³-hybridized carbons (Fsp3) is 0.980. The fourth-order valence-electron chi connectivity index (χ4n) is 8.26. The minimum atomic E-state index is -1.53. The molecule has 0 aromatic rings. The molecule has 0 aromatic carbocycles. The van der Waals surface area contributed by atoms with Crippen LogP contribution >= 0.6 is 0 Å². The lowest BCUT2D eigenvalue weighted by molar-refractivity contribution is -0.305. The first-order valence-corrected chi connectivity index (χ1v) is 25.6. The summed E-state index contributed by atoms with van der Waals surface area (Å²) in [4.78, 5) is 12.7. The molecular weight excluding hydrogens is 745 g/mol. The van der Waals surface area contributed by atoms with Crippen LogP contribution in [0, 0.1) is 0 Å². The Morgan fingerprint density at radius 1 is 0.475 bits per heavy atom. The van der Waals surface area contributed by atoms with Crippen molar-refractivity contribution in [1.29, 1.82) is 0 Å². The third-order valence-electron chi connectivity index (χ3n) is 12.3. The van der Waals surface area contributed by atoms with E-state index in [2.05, 4.69) is 13.8 Å². The molecule has 4 N–H and O–H groups in total. The van der Waals surface area contributed by atoms with Gasteiger partial charge in [0.15, 0.2) is 6.29 Å². The molecule has 1 aliphatic heterocycles. The van der Waals surface area contributed by atoms with E-state index < -0.39 is 43.4 Å².